The Morgan fingerprint density at radius 2 is 1.83 bits per heavy atom. The van der Waals surface area contributed by atoms with Crippen molar-refractivity contribution in [2.24, 2.45) is 0 Å². The van der Waals surface area contributed by atoms with Gasteiger partial charge in [0.15, 0.2) is 5.78 Å². The number of fused-ring (bicyclic) bond motifs is 1. The third-order valence-electron chi connectivity index (χ3n) is 4.33. The number of ketones is 1. The van der Waals surface area contributed by atoms with Gasteiger partial charge in [0, 0.05) is 23.0 Å². The Morgan fingerprint density at radius 1 is 1.03 bits per heavy atom. The number of hydrogen-bond acceptors (Lipinski definition) is 5. The summed E-state index contributed by atoms with van der Waals surface area (Å²) in [6, 6.07) is 18.4. The van der Waals surface area contributed by atoms with E-state index in [0.717, 1.165) is 27.4 Å². The molecule has 4 aromatic rings. The van der Waals surface area contributed by atoms with Crippen LogP contribution in [0.25, 0.3) is 22.4 Å². The van der Waals surface area contributed by atoms with Crippen LogP contribution in [0.3, 0.4) is 0 Å². The van der Waals surface area contributed by atoms with E-state index in [1.165, 1.54) is 18.7 Å². The van der Waals surface area contributed by atoms with Crippen LogP contribution in [0.15, 0.2) is 71.9 Å². The van der Waals surface area contributed by atoms with Crippen LogP contribution in [0, 0.1) is 0 Å². The van der Waals surface area contributed by atoms with E-state index >= 15 is 0 Å². The molecule has 2 N–H and O–H groups in total. The molecule has 0 spiro atoms. The molecule has 7 heteroatoms. The van der Waals surface area contributed by atoms with E-state index in [2.05, 4.69) is 20.3 Å². The molecule has 0 bridgehead atoms. The number of nitrogens with zero attached hydrogens (tertiary/aromatic N) is 2. The molecule has 2 aromatic carbocycles. The van der Waals surface area contributed by atoms with Crippen LogP contribution in [0.2, 0.25) is 0 Å². The van der Waals surface area contributed by atoms with Crippen molar-refractivity contribution in [3.05, 3.63) is 72.4 Å². The summed E-state index contributed by atoms with van der Waals surface area (Å²) >= 11 is 1.35. The first-order valence-corrected chi connectivity index (χ1v) is 10.0. The van der Waals surface area contributed by atoms with Crippen LogP contribution in [-0.4, -0.2) is 32.4 Å². The molecule has 0 atom stereocenters. The van der Waals surface area contributed by atoms with E-state index in [1.807, 2.05) is 36.4 Å². The van der Waals surface area contributed by atoms with Gasteiger partial charge in [-0.15, -0.1) is 0 Å². The molecule has 4 rings (SSSR count). The van der Waals surface area contributed by atoms with Gasteiger partial charge in [0.05, 0.1) is 16.8 Å². The van der Waals surface area contributed by atoms with E-state index in [-0.39, 0.29) is 17.4 Å². The number of nitrogens with one attached hydrogen (secondary N) is 2. The van der Waals surface area contributed by atoms with Gasteiger partial charge in [-0.3, -0.25) is 9.59 Å². The lowest BCUT2D eigenvalue weighted by molar-refractivity contribution is -0.113. The second kappa shape index (κ2) is 8.28. The van der Waals surface area contributed by atoms with Crippen molar-refractivity contribution in [2.45, 2.75) is 11.9 Å². The lowest BCUT2D eigenvalue weighted by Crippen LogP contribution is -2.14. The van der Waals surface area contributed by atoms with Crippen LogP contribution >= 0.6 is 11.8 Å². The maximum Gasteiger partial charge on any atom is 0.234 e. The number of carbonyl (C=O) groups is 2. The maximum absolute atomic E-state index is 12.3. The normalized spacial score (nSPS) is 10.8. The quantitative estimate of drug-likeness (QED) is 0.365. The summed E-state index contributed by atoms with van der Waals surface area (Å²) in [5.41, 5.74) is 3.95. The fourth-order valence-corrected chi connectivity index (χ4v) is 3.68. The highest BCUT2D eigenvalue weighted by molar-refractivity contribution is 8.00. The molecular weight excluding hydrogens is 384 g/mol. The molecule has 0 fully saturated rings. The number of thioether (sulfide) groups is 1. The molecular formula is C22H18N4O2S. The summed E-state index contributed by atoms with van der Waals surface area (Å²) in [4.78, 5) is 36.0. The molecule has 0 unspecified atom stereocenters. The SMILES string of the molecule is CC(=O)c1ccc(NC(=O)CSc2ncccc2-c2nc3ccccc3[nH]2)cc1. The van der Waals surface area contributed by atoms with E-state index < -0.39 is 0 Å². The average molecular weight is 402 g/mol. The molecule has 0 radical (unpaired) electrons. The Kier molecular flexibility index (Phi) is 5.39. The number of anilines is 1. The van der Waals surface area contributed by atoms with Gasteiger partial charge >= 0.3 is 0 Å². The largest absolute Gasteiger partial charge is 0.338 e. The lowest BCUT2D eigenvalue weighted by Gasteiger charge is -2.07. The molecule has 0 aliphatic carbocycles. The highest BCUT2D eigenvalue weighted by atomic mass is 32.2. The molecule has 0 saturated heterocycles. The smallest absolute Gasteiger partial charge is 0.234 e. The number of H-pyrrole nitrogens is 1. The third-order valence-corrected chi connectivity index (χ3v) is 5.34. The zero-order valence-electron chi connectivity index (χ0n) is 15.7. The maximum atomic E-state index is 12.3. The third kappa shape index (κ3) is 4.35. The van der Waals surface area contributed by atoms with Crippen molar-refractivity contribution < 1.29 is 9.59 Å². The zero-order valence-corrected chi connectivity index (χ0v) is 16.5. The monoisotopic (exact) mass is 402 g/mol. The van der Waals surface area contributed by atoms with Crippen molar-refractivity contribution in [3.63, 3.8) is 0 Å². The number of carbonyl (C=O) groups excluding carboxylic acids is 2. The summed E-state index contributed by atoms with van der Waals surface area (Å²) < 4.78 is 0. The average Bonchev–Trinajstić information content (AvgIpc) is 3.17. The van der Waals surface area contributed by atoms with Crippen molar-refractivity contribution in [1.82, 2.24) is 15.0 Å². The van der Waals surface area contributed by atoms with Crippen LogP contribution in [0.1, 0.15) is 17.3 Å². The minimum Gasteiger partial charge on any atom is -0.338 e. The van der Waals surface area contributed by atoms with Gasteiger partial charge < -0.3 is 10.3 Å². The highest BCUT2D eigenvalue weighted by Crippen LogP contribution is 2.29. The first-order valence-electron chi connectivity index (χ1n) is 9.04. The van der Waals surface area contributed by atoms with Gasteiger partial charge in [0.25, 0.3) is 0 Å². The van der Waals surface area contributed by atoms with Gasteiger partial charge in [-0.25, -0.2) is 9.97 Å². The van der Waals surface area contributed by atoms with Crippen molar-refractivity contribution in [1.29, 1.82) is 0 Å². The minimum atomic E-state index is -0.146. The van der Waals surface area contributed by atoms with Gasteiger partial charge in [0.1, 0.15) is 10.9 Å². The molecule has 0 saturated carbocycles. The Balaban J connectivity index is 1.46. The van der Waals surface area contributed by atoms with Crippen molar-refractivity contribution >= 4 is 40.2 Å². The number of Topliss-reactive ketones (excluding diaryl/α,β-unsaturated/α-hetero) is 1. The molecule has 0 aliphatic heterocycles. The first kappa shape index (κ1) is 18.9. The number of pyridine rings is 1. The summed E-state index contributed by atoms with van der Waals surface area (Å²) in [6.07, 6.45) is 1.70. The summed E-state index contributed by atoms with van der Waals surface area (Å²) in [5.74, 6) is 0.777. The van der Waals surface area contributed by atoms with E-state index in [1.54, 1.807) is 30.5 Å². The zero-order chi connectivity index (χ0) is 20.2. The summed E-state index contributed by atoms with van der Waals surface area (Å²) in [6.45, 7) is 1.51. The molecule has 2 heterocycles. The van der Waals surface area contributed by atoms with Crippen LogP contribution < -0.4 is 5.32 Å². The first-order chi connectivity index (χ1) is 14.1. The van der Waals surface area contributed by atoms with Crippen LogP contribution in [0.4, 0.5) is 5.69 Å². The molecule has 144 valence electrons. The van der Waals surface area contributed by atoms with Crippen LogP contribution in [-0.2, 0) is 4.79 Å². The predicted molar refractivity (Wildman–Crippen MR) is 115 cm³/mol. The van der Waals surface area contributed by atoms with Gasteiger partial charge in [-0.2, -0.15) is 0 Å². The predicted octanol–water partition coefficient (Wildman–Crippen LogP) is 4.56. The number of aromatic nitrogens is 3. The van der Waals surface area contributed by atoms with Gasteiger partial charge in [-0.05, 0) is 55.5 Å². The Labute approximate surface area is 171 Å². The number of amides is 1. The molecule has 1 amide bonds. The molecule has 0 aliphatic rings. The van der Waals surface area contributed by atoms with Crippen LogP contribution in [0.5, 0.6) is 0 Å². The fraction of sp³-hybridized carbons (Fsp3) is 0.0909. The highest BCUT2D eigenvalue weighted by Gasteiger charge is 2.13. The fourth-order valence-electron chi connectivity index (χ4n) is 2.89. The lowest BCUT2D eigenvalue weighted by atomic mass is 10.1. The number of hydrogen-bond donors (Lipinski definition) is 2. The van der Waals surface area contributed by atoms with E-state index in [9.17, 15) is 9.59 Å². The number of imidazole rings is 1. The standard InChI is InChI=1S/C22H18N4O2S/c1-14(27)15-8-10-16(11-9-15)24-20(28)13-29-22-17(5-4-12-23-22)21-25-18-6-2-3-7-19(18)26-21/h2-12H,13H2,1H3,(H,24,28)(H,25,26). The number of rotatable bonds is 6. The molecule has 2 aromatic heterocycles. The summed E-state index contributed by atoms with van der Waals surface area (Å²) in [5, 5.41) is 3.57. The summed E-state index contributed by atoms with van der Waals surface area (Å²) in [7, 11) is 0. The van der Waals surface area contributed by atoms with Gasteiger partial charge in [-0.1, -0.05) is 23.9 Å². The Hall–Kier alpha value is -3.45. The van der Waals surface area contributed by atoms with Crippen molar-refractivity contribution in [3.8, 4) is 11.4 Å². The van der Waals surface area contributed by atoms with E-state index in [0.29, 0.717) is 11.3 Å². The van der Waals surface area contributed by atoms with Gasteiger partial charge in [0.2, 0.25) is 5.91 Å². The number of aromatic amines is 1. The number of benzene rings is 2. The Morgan fingerprint density at radius 3 is 2.59 bits per heavy atom. The second-order valence-electron chi connectivity index (χ2n) is 6.43. The molecule has 29 heavy (non-hydrogen) atoms. The van der Waals surface area contributed by atoms with Crippen molar-refractivity contribution in [2.75, 3.05) is 11.1 Å². The molecule has 6 nitrogen and oxygen atoms in total. The Bertz CT molecular complexity index is 1150. The second-order valence-corrected chi connectivity index (χ2v) is 7.39. The topological polar surface area (TPSA) is 87.7 Å². The number of para-hydroxylation sites is 2. The minimum absolute atomic E-state index is 0.00768. The van der Waals surface area contributed by atoms with E-state index in [4.69, 9.17) is 0 Å².